The fourth-order valence-electron chi connectivity index (χ4n) is 3.30. The number of pyridine rings is 1. The first-order valence-electron chi connectivity index (χ1n) is 11.4. The van der Waals surface area contributed by atoms with Crippen LogP contribution >= 0.6 is 11.8 Å². The van der Waals surface area contributed by atoms with Crippen LogP contribution in [0, 0.1) is 0 Å². The fraction of sp³-hybridized carbons (Fsp3) is 0.0345. The number of anilines is 2. The van der Waals surface area contributed by atoms with Crippen LogP contribution in [0.4, 0.5) is 11.4 Å². The minimum Gasteiger partial charge on any atom is -0.325 e. The van der Waals surface area contributed by atoms with Gasteiger partial charge in [-0.1, -0.05) is 54.6 Å². The Morgan fingerprint density at radius 1 is 0.757 bits per heavy atom. The van der Waals surface area contributed by atoms with Crippen LogP contribution in [0.5, 0.6) is 0 Å². The number of rotatable bonds is 9. The van der Waals surface area contributed by atoms with E-state index in [0.717, 1.165) is 10.5 Å². The Labute approximate surface area is 219 Å². The second-order valence-corrected chi connectivity index (χ2v) is 8.89. The number of nitrogens with zero attached hydrogens (tertiary/aromatic N) is 1. The number of hydrogen-bond donors (Lipinski definition) is 3. The Balaban J connectivity index is 1.44. The van der Waals surface area contributed by atoms with E-state index in [2.05, 4.69) is 20.9 Å². The quantitative estimate of drug-likeness (QED) is 0.213. The number of thioether (sulfide) groups is 1. The molecule has 0 atom stereocenters. The highest BCUT2D eigenvalue weighted by Gasteiger charge is 2.15. The van der Waals surface area contributed by atoms with Gasteiger partial charge in [-0.15, -0.1) is 11.8 Å². The lowest BCUT2D eigenvalue weighted by Crippen LogP contribution is -2.30. The molecule has 1 heterocycles. The molecular weight excluding hydrogens is 484 g/mol. The first-order chi connectivity index (χ1) is 18.1. The Hall–Kier alpha value is -4.69. The zero-order valence-electron chi connectivity index (χ0n) is 19.8. The van der Waals surface area contributed by atoms with E-state index in [9.17, 15) is 14.4 Å². The SMILES string of the molecule is O=C(CSc1cccc(NC(=O)/C(=C/c2ccccc2)NC(=O)c2ccccc2)c1)Nc1ccncc1. The minimum atomic E-state index is -0.467. The molecule has 0 aliphatic carbocycles. The maximum Gasteiger partial charge on any atom is 0.272 e. The van der Waals surface area contributed by atoms with Crippen LogP contribution in [0.25, 0.3) is 6.08 Å². The molecule has 3 amide bonds. The number of benzene rings is 3. The Bertz CT molecular complexity index is 1390. The lowest BCUT2D eigenvalue weighted by molar-refractivity contribution is -0.114. The molecule has 0 aliphatic heterocycles. The largest absolute Gasteiger partial charge is 0.325 e. The Morgan fingerprint density at radius 2 is 1.46 bits per heavy atom. The van der Waals surface area contributed by atoms with Gasteiger partial charge >= 0.3 is 0 Å². The van der Waals surface area contributed by atoms with Crippen LogP contribution in [0.1, 0.15) is 15.9 Å². The van der Waals surface area contributed by atoms with Crippen LogP contribution in [-0.4, -0.2) is 28.5 Å². The molecule has 0 saturated heterocycles. The molecule has 4 aromatic rings. The number of carbonyl (C=O) groups excluding carboxylic acids is 3. The summed E-state index contributed by atoms with van der Waals surface area (Å²) in [5.41, 5.74) is 2.53. The van der Waals surface area contributed by atoms with Crippen LogP contribution in [0.2, 0.25) is 0 Å². The predicted octanol–water partition coefficient (Wildman–Crippen LogP) is 5.22. The highest BCUT2D eigenvalue weighted by Crippen LogP contribution is 2.22. The molecule has 0 unspecified atom stereocenters. The van der Waals surface area contributed by atoms with Crippen molar-refractivity contribution in [3.05, 3.63) is 126 Å². The summed E-state index contributed by atoms with van der Waals surface area (Å²) in [5, 5.41) is 8.38. The van der Waals surface area contributed by atoms with Crippen molar-refractivity contribution in [1.29, 1.82) is 0 Å². The molecule has 0 saturated carbocycles. The third-order valence-corrected chi connectivity index (χ3v) is 6.06. The average molecular weight is 509 g/mol. The summed E-state index contributed by atoms with van der Waals surface area (Å²) in [7, 11) is 0. The summed E-state index contributed by atoms with van der Waals surface area (Å²) < 4.78 is 0. The molecule has 7 nitrogen and oxygen atoms in total. The van der Waals surface area contributed by atoms with Gasteiger partial charge in [-0.25, -0.2) is 0 Å². The number of carbonyl (C=O) groups is 3. The Morgan fingerprint density at radius 3 is 2.19 bits per heavy atom. The molecule has 0 fully saturated rings. The molecule has 184 valence electrons. The van der Waals surface area contributed by atoms with Gasteiger partial charge in [-0.2, -0.15) is 0 Å². The number of nitrogens with one attached hydrogen (secondary N) is 3. The minimum absolute atomic E-state index is 0.106. The topological polar surface area (TPSA) is 100 Å². The normalized spacial score (nSPS) is 10.9. The molecule has 1 aromatic heterocycles. The van der Waals surface area contributed by atoms with Crippen LogP contribution in [-0.2, 0) is 9.59 Å². The molecule has 0 bridgehead atoms. The fourth-order valence-corrected chi connectivity index (χ4v) is 4.06. The highest BCUT2D eigenvalue weighted by atomic mass is 32.2. The van der Waals surface area contributed by atoms with E-state index < -0.39 is 5.91 Å². The first kappa shape index (κ1) is 25.4. The molecular formula is C29H24N4O3S. The molecule has 37 heavy (non-hydrogen) atoms. The second kappa shape index (κ2) is 12.9. The van der Waals surface area contributed by atoms with E-state index in [1.807, 2.05) is 42.5 Å². The molecule has 0 spiro atoms. The van der Waals surface area contributed by atoms with Gasteiger partial charge in [-0.05, 0) is 54.1 Å². The number of amides is 3. The summed E-state index contributed by atoms with van der Waals surface area (Å²) in [6.45, 7) is 0. The van der Waals surface area contributed by atoms with E-state index in [1.54, 1.807) is 73.1 Å². The van der Waals surface area contributed by atoms with E-state index in [4.69, 9.17) is 0 Å². The van der Waals surface area contributed by atoms with Gasteiger partial charge in [0.25, 0.3) is 11.8 Å². The van der Waals surface area contributed by atoms with Gasteiger partial charge in [0.05, 0.1) is 5.75 Å². The predicted molar refractivity (Wildman–Crippen MR) is 147 cm³/mol. The number of hydrogen-bond acceptors (Lipinski definition) is 5. The summed E-state index contributed by atoms with van der Waals surface area (Å²) in [6.07, 6.45) is 4.84. The molecule has 4 rings (SSSR count). The van der Waals surface area contributed by atoms with Crippen LogP contribution in [0.3, 0.4) is 0 Å². The van der Waals surface area contributed by atoms with Gasteiger partial charge in [0, 0.05) is 34.2 Å². The van der Waals surface area contributed by atoms with Crippen LogP contribution in [0.15, 0.2) is 120 Å². The van der Waals surface area contributed by atoms with Gasteiger partial charge in [0.1, 0.15) is 5.70 Å². The third kappa shape index (κ3) is 7.91. The van der Waals surface area contributed by atoms with E-state index in [-0.39, 0.29) is 23.3 Å². The summed E-state index contributed by atoms with van der Waals surface area (Å²) in [5.74, 6) is -0.804. The molecule has 0 aliphatic rings. The van der Waals surface area contributed by atoms with Crippen molar-refractivity contribution in [2.24, 2.45) is 0 Å². The molecule has 3 N–H and O–H groups in total. The third-order valence-electron chi connectivity index (χ3n) is 5.07. The first-order valence-corrected chi connectivity index (χ1v) is 12.4. The van der Waals surface area contributed by atoms with Crippen molar-refractivity contribution in [2.75, 3.05) is 16.4 Å². The maximum atomic E-state index is 13.2. The zero-order chi connectivity index (χ0) is 25.9. The van der Waals surface area contributed by atoms with Crippen molar-refractivity contribution in [2.45, 2.75) is 4.90 Å². The lowest BCUT2D eigenvalue weighted by Gasteiger charge is -2.12. The summed E-state index contributed by atoms with van der Waals surface area (Å²) >= 11 is 1.34. The molecule has 0 radical (unpaired) electrons. The zero-order valence-corrected chi connectivity index (χ0v) is 20.6. The summed E-state index contributed by atoms with van der Waals surface area (Å²) in [6, 6.07) is 28.6. The average Bonchev–Trinajstić information content (AvgIpc) is 2.93. The molecule has 3 aromatic carbocycles. The second-order valence-electron chi connectivity index (χ2n) is 7.84. The van der Waals surface area contributed by atoms with E-state index >= 15 is 0 Å². The Kier molecular flexibility index (Phi) is 8.82. The van der Waals surface area contributed by atoms with Crippen molar-refractivity contribution in [3.63, 3.8) is 0 Å². The highest BCUT2D eigenvalue weighted by molar-refractivity contribution is 8.00. The van der Waals surface area contributed by atoms with Crippen molar-refractivity contribution in [3.8, 4) is 0 Å². The van der Waals surface area contributed by atoms with Crippen molar-refractivity contribution in [1.82, 2.24) is 10.3 Å². The van der Waals surface area contributed by atoms with Gasteiger partial charge in [-0.3, -0.25) is 19.4 Å². The maximum absolute atomic E-state index is 13.2. The monoisotopic (exact) mass is 508 g/mol. The van der Waals surface area contributed by atoms with Gasteiger partial charge in [0.15, 0.2) is 0 Å². The van der Waals surface area contributed by atoms with Crippen LogP contribution < -0.4 is 16.0 Å². The van der Waals surface area contributed by atoms with E-state index in [0.29, 0.717) is 16.9 Å². The van der Waals surface area contributed by atoms with Crippen molar-refractivity contribution < 1.29 is 14.4 Å². The standard InChI is InChI=1S/C29H24N4O3S/c34-27(31-23-14-16-30-17-15-23)20-37-25-13-7-12-24(19-25)32-29(36)26(18-21-8-3-1-4-9-21)33-28(35)22-10-5-2-6-11-22/h1-19H,20H2,(H,32,36)(H,33,35)(H,30,31,34)/b26-18-. The van der Waals surface area contributed by atoms with Gasteiger partial charge in [0.2, 0.25) is 5.91 Å². The summed E-state index contributed by atoms with van der Waals surface area (Å²) in [4.78, 5) is 43.0. The smallest absolute Gasteiger partial charge is 0.272 e. The van der Waals surface area contributed by atoms with Gasteiger partial charge < -0.3 is 16.0 Å². The van der Waals surface area contributed by atoms with Crippen molar-refractivity contribution >= 4 is 46.9 Å². The molecule has 8 heteroatoms. The van der Waals surface area contributed by atoms with E-state index in [1.165, 1.54) is 11.8 Å². The number of aromatic nitrogens is 1. The lowest BCUT2D eigenvalue weighted by atomic mass is 10.1.